The van der Waals surface area contributed by atoms with Crippen molar-refractivity contribution in [3.63, 3.8) is 0 Å². The van der Waals surface area contributed by atoms with Crippen LogP contribution >= 0.6 is 0 Å². The summed E-state index contributed by atoms with van der Waals surface area (Å²) in [5.41, 5.74) is 7.08. The fourth-order valence-electron chi connectivity index (χ4n) is 4.75. The second-order valence-electron chi connectivity index (χ2n) is 9.08. The van der Waals surface area contributed by atoms with Crippen molar-refractivity contribution in [3.8, 4) is 17.2 Å². The van der Waals surface area contributed by atoms with E-state index in [9.17, 15) is 4.79 Å². The number of nitrogens with one attached hydrogen (secondary N) is 1. The molecule has 4 rings (SSSR count). The molecule has 7 nitrogen and oxygen atoms in total. The van der Waals surface area contributed by atoms with E-state index >= 15 is 0 Å². The van der Waals surface area contributed by atoms with E-state index in [0.29, 0.717) is 32.6 Å². The molecule has 0 saturated heterocycles. The molecular weight excluding hydrogens is 464 g/mol. The lowest BCUT2D eigenvalue weighted by molar-refractivity contribution is -0.121. The van der Waals surface area contributed by atoms with E-state index in [4.69, 9.17) is 19.6 Å². The van der Waals surface area contributed by atoms with E-state index in [1.807, 2.05) is 80.9 Å². The largest absolute Gasteiger partial charge is 0.490 e. The number of ether oxygens (including phenoxy) is 2. The molecule has 0 aliphatic rings. The molecule has 0 radical (unpaired) electrons. The lowest BCUT2D eigenvalue weighted by Crippen LogP contribution is -2.26. The van der Waals surface area contributed by atoms with Crippen molar-refractivity contribution < 1.29 is 14.3 Å². The highest BCUT2D eigenvalue weighted by molar-refractivity contribution is 5.85. The molecule has 0 aliphatic carbocycles. The number of para-hydroxylation sites is 1. The van der Waals surface area contributed by atoms with Crippen molar-refractivity contribution >= 4 is 16.9 Å². The summed E-state index contributed by atoms with van der Waals surface area (Å²) in [6.07, 6.45) is 1.77. The summed E-state index contributed by atoms with van der Waals surface area (Å²) < 4.78 is 13.2. The first-order valence-electron chi connectivity index (χ1n) is 13.0. The Hall–Kier alpha value is -3.87. The van der Waals surface area contributed by atoms with Crippen molar-refractivity contribution in [2.45, 2.75) is 53.9 Å². The second-order valence-corrected chi connectivity index (χ2v) is 9.08. The molecule has 194 valence electrons. The van der Waals surface area contributed by atoms with Crippen LogP contribution in [0.3, 0.4) is 0 Å². The zero-order valence-corrected chi connectivity index (χ0v) is 22.4. The number of aromatic nitrogens is 3. The van der Waals surface area contributed by atoms with Crippen LogP contribution in [0.5, 0.6) is 11.5 Å². The monoisotopic (exact) mass is 500 g/mol. The predicted molar refractivity (Wildman–Crippen MR) is 147 cm³/mol. The summed E-state index contributed by atoms with van der Waals surface area (Å²) >= 11 is 0. The summed E-state index contributed by atoms with van der Waals surface area (Å²) in [5.74, 6) is 1.53. The minimum atomic E-state index is 0.0339. The molecule has 7 heteroatoms. The average molecular weight is 501 g/mol. The van der Waals surface area contributed by atoms with Gasteiger partial charge in [0.25, 0.3) is 0 Å². The summed E-state index contributed by atoms with van der Waals surface area (Å²) in [4.78, 5) is 17.6. The zero-order valence-electron chi connectivity index (χ0n) is 22.4. The lowest BCUT2D eigenvalue weighted by atomic mass is 9.99. The molecule has 0 atom stereocenters. The number of nitrogens with zero attached hydrogens (tertiary/aromatic N) is 3. The molecule has 0 unspecified atom stereocenters. The summed E-state index contributed by atoms with van der Waals surface area (Å²) in [5, 5.41) is 8.88. The van der Waals surface area contributed by atoms with Gasteiger partial charge in [0.2, 0.25) is 5.91 Å². The number of rotatable bonds is 11. The van der Waals surface area contributed by atoms with Gasteiger partial charge < -0.3 is 14.8 Å². The van der Waals surface area contributed by atoms with Crippen LogP contribution in [0.15, 0.2) is 48.5 Å². The summed E-state index contributed by atoms with van der Waals surface area (Å²) in [6.45, 7) is 11.8. The van der Waals surface area contributed by atoms with Crippen molar-refractivity contribution in [2.75, 3.05) is 19.8 Å². The van der Waals surface area contributed by atoms with E-state index in [-0.39, 0.29) is 5.91 Å². The Morgan fingerprint density at radius 2 is 1.65 bits per heavy atom. The minimum Gasteiger partial charge on any atom is -0.490 e. The third-order valence-electron chi connectivity index (χ3n) is 6.52. The first-order valence-corrected chi connectivity index (χ1v) is 13.0. The van der Waals surface area contributed by atoms with Gasteiger partial charge in [-0.2, -0.15) is 5.10 Å². The van der Waals surface area contributed by atoms with Crippen LogP contribution in [0.2, 0.25) is 0 Å². The molecule has 0 fully saturated rings. The van der Waals surface area contributed by atoms with Crippen LogP contribution in [0, 0.1) is 20.8 Å². The number of hydrogen-bond acceptors (Lipinski definition) is 5. The Kier molecular flexibility index (Phi) is 8.43. The van der Waals surface area contributed by atoms with E-state index in [1.54, 1.807) is 0 Å². The van der Waals surface area contributed by atoms with E-state index in [0.717, 1.165) is 62.7 Å². The van der Waals surface area contributed by atoms with Crippen molar-refractivity contribution in [1.29, 1.82) is 0 Å². The van der Waals surface area contributed by atoms with Gasteiger partial charge in [-0.05, 0) is 88.4 Å². The Bertz CT molecular complexity index is 1380. The molecule has 2 aromatic carbocycles. The number of amides is 1. The Morgan fingerprint density at radius 1 is 0.919 bits per heavy atom. The van der Waals surface area contributed by atoms with Crippen LogP contribution in [0.1, 0.15) is 48.3 Å². The second kappa shape index (κ2) is 11.9. The number of pyridine rings is 1. The van der Waals surface area contributed by atoms with Gasteiger partial charge in [0.05, 0.1) is 24.6 Å². The molecule has 37 heavy (non-hydrogen) atoms. The number of fused-ring (bicyclic) bond motifs is 1. The highest BCUT2D eigenvalue weighted by Gasteiger charge is 2.18. The van der Waals surface area contributed by atoms with Gasteiger partial charge in [-0.15, -0.1) is 0 Å². The van der Waals surface area contributed by atoms with Crippen LogP contribution in [0.4, 0.5) is 0 Å². The topological polar surface area (TPSA) is 78.3 Å². The van der Waals surface area contributed by atoms with E-state index in [2.05, 4.69) is 12.2 Å². The number of aryl methyl sites for hydroxylation is 3. The predicted octanol–water partition coefficient (Wildman–Crippen LogP) is 5.43. The molecule has 0 aliphatic heterocycles. The molecule has 1 N–H and O–H groups in total. The maximum absolute atomic E-state index is 12.7. The average Bonchev–Trinajstić information content (AvgIpc) is 3.22. The Labute approximate surface area is 218 Å². The number of benzene rings is 2. The third kappa shape index (κ3) is 5.93. The van der Waals surface area contributed by atoms with Crippen molar-refractivity contribution in [2.24, 2.45) is 0 Å². The van der Waals surface area contributed by atoms with Gasteiger partial charge in [0.15, 0.2) is 17.1 Å². The first kappa shape index (κ1) is 26.2. The van der Waals surface area contributed by atoms with E-state index in [1.165, 1.54) is 0 Å². The van der Waals surface area contributed by atoms with Crippen LogP contribution in [0.25, 0.3) is 16.7 Å². The SMILES string of the molecule is CCOc1ccc(CCNC(=O)CCc2c(C)nc3c(c(C)nn3-c3ccccc3)c2C)cc1OCC. The molecule has 0 spiro atoms. The van der Waals surface area contributed by atoms with Crippen LogP contribution < -0.4 is 14.8 Å². The standard InChI is InChI=1S/C30H36N4O3/c1-6-36-26-15-13-23(19-27(26)37-7-2)17-18-31-28(35)16-14-25-20(3)29-22(5)33-34(30(29)32-21(25)4)24-11-9-8-10-12-24/h8-13,15,19H,6-7,14,16-18H2,1-5H3,(H,31,35). The normalized spacial score (nSPS) is 11.1. The van der Waals surface area contributed by atoms with Crippen molar-refractivity contribution in [3.05, 3.63) is 76.6 Å². The molecule has 2 aromatic heterocycles. The third-order valence-corrected chi connectivity index (χ3v) is 6.52. The fraction of sp³-hybridized carbons (Fsp3) is 0.367. The van der Waals surface area contributed by atoms with Gasteiger partial charge >= 0.3 is 0 Å². The minimum absolute atomic E-state index is 0.0339. The number of carbonyl (C=O) groups is 1. The Morgan fingerprint density at radius 3 is 2.38 bits per heavy atom. The molecule has 4 aromatic rings. The van der Waals surface area contributed by atoms with Gasteiger partial charge in [-0.1, -0.05) is 24.3 Å². The molecule has 0 bridgehead atoms. The maximum Gasteiger partial charge on any atom is 0.220 e. The lowest BCUT2D eigenvalue weighted by Gasteiger charge is -2.13. The van der Waals surface area contributed by atoms with Crippen LogP contribution in [-0.4, -0.2) is 40.4 Å². The zero-order chi connectivity index (χ0) is 26.4. The van der Waals surface area contributed by atoms with Gasteiger partial charge in [0, 0.05) is 24.0 Å². The summed E-state index contributed by atoms with van der Waals surface area (Å²) in [7, 11) is 0. The molecule has 2 heterocycles. The highest BCUT2D eigenvalue weighted by atomic mass is 16.5. The highest BCUT2D eigenvalue weighted by Crippen LogP contribution is 2.29. The number of carbonyl (C=O) groups excluding carboxylic acids is 1. The Balaban J connectivity index is 1.39. The molecule has 1 amide bonds. The van der Waals surface area contributed by atoms with Gasteiger partial charge in [-0.3, -0.25) is 4.79 Å². The molecular formula is C30H36N4O3. The fourth-order valence-corrected chi connectivity index (χ4v) is 4.75. The van der Waals surface area contributed by atoms with Crippen LogP contribution in [-0.2, 0) is 17.6 Å². The van der Waals surface area contributed by atoms with Gasteiger partial charge in [0.1, 0.15) is 0 Å². The molecule has 0 saturated carbocycles. The van der Waals surface area contributed by atoms with E-state index < -0.39 is 0 Å². The smallest absolute Gasteiger partial charge is 0.220 e. The van der Waals surface area contributed by atoms with Gasteiger partial charge in [-0.25, -0.2) is 9.67 Å². The first-order chi connectivity index (χ1) is 17.9. The number of hydrogen-bond donors (Lipinski definition) is 1. The maximum atomic E-state index is 12.7. The van der Waals surface area contributed by atoms with Crippen molar-refractivity contribution in [1.82, 2.24) is 20.1 Å². The quantitative estimate of drug-likeness (QED) is 0.297. The summed E-state index contributed by atoms with van der Waals surface area (Å²) in [6, 6.07) is 16.0.